The average molecular weight is 394 g/mol. The molecule has 0 heterocycles. The molecule has 4 nitrogen and oxygen atoms in total. The van der Waals surface area contributed by atoms with Gasteiger partial charge in [-0.2, -0.15) is 0 Å². The van der Waals surface area contributed by atoms with E-state index in [4.69, 9.17) is 0 Å². The van der Waals surface area contributed by atoms with Gasteiger partial charge in [-0.3, -0.25) is 4.99 Å². The van der Waals surface area contributed by atoms with E-state index < -0.39 is 0 Å². The molecule has 20 heavy (non-hydrogen) atoms. The molecule has 0 unspecified atom stereocenters. The van der Waals surface area contributed by atoms with Crippen LogP contribution in [-0.4, -0.2) is 49.6 Å². The minimum atomic E-state index is 0. The zero-order valence-corrected chi connectivity index (χ0v) is 15.4. The third-order valence-electron chi connectivity index (χ3n) is 4.18. The Labute approximate surface area is 141 Å². The molecular weight excluding hydrogens is 363 g/mol. The van der Waals surface area contributed by atoms with Crippen LogP contribution in [0.15, 0.2) is 4.99 Å². The highest BCUT2D eigenvalue weighted by atomic mass is 127. The predicted molar refractivity (Wildman–Crippen MR) is 97.1 cm³/mol. The van der Waals surface area contributed by atoms with Gasteiger partial charge in [0.1, 0.15) is 0 Å². The Balaban J connectivity index is 0.00000200. The number of halogens is 1. The first kappa shape index (κ1) is 18.0. The maximum atomic E-state index is 4.68. The highest BCUT2D eigenvalue weighted by Gasteiger charge is 2.22. The molecule has 2 fully saturated rings. The molecule has 2 aliphatic carbocycles. The van der Waals surface area contributed by atoms with Gasteiger partial charge in [0.25, 0.3) is 0 Å². The highest BCUT2D eigenvalue weighted by molar-refractivity contribution is 14.0. The van der Waals surface area contributed by atoms with Crippen molar-refractivity contribution in [2.24, 2.45) is 4.99 Å². The molecule has 2 N–H and O–H groups in total. The van der Waals surface area contributed by atoms with E-state index in [1.807, 2.05) is 0 Å². The normalized spacial score (nSPS) is 20.6. The van der Waals surface area contributed by atoms with Gasteiger partial charge in [-0.15, -0.1) is 24.0 Å². The smallest absolute Gasteiger partial charge is 0.191 e. The minimum Gasteiger partial charge on any atom is -0.357 e. The standard InChI is InChI=1S/C15H30N4.HI/c1-3-16-15(18-13-9-10-13)17-11-12-19(2)14-7-5-4-6-8-14;/h13-14H,3-12H2,1-2H3,(H2,16,17,18);1H. The second-order valence-corrected chi connectivity index (χ2v) is 5.95. The SMILES string of the molecule is CCNC(=NCCN(C)C1CCCCC1)NC1CC1.I. The molecule has 0 amide bonds. The van der Waals surface area contributed by atoms with Crippen LogP contribution < -0.4 is 10.6 Å². The quantitative estimate of drug-likeness (QED) is 0.413. The Morgan fingerprint density at radius 2 is 1.85 bits per heavy atom. The zero-order chi connectivity index (χ0) is 13.5. The summed E-state index contributed by atoms with van der Waals surface area (Å²) in [6.07, 6.45) is 9.59. The van der Waals surface area contributed by atoms with Gasteiger partial charge in [0.2, 0.25) is 0 Å². The Hall–Kier alpha value is -0.0400. The lowest BCUT2D eigenvalue weighted by Gasteiger charge is -2.30. The van der Waals surface area contributed by atoms with Gasteiger partial charge in [-0.25, -0.2) is 0 Å². The van der Waals surface area contributed by atoms with Crippen LogP contribution in [0.5, 0.6) is 0 Å². The Morgan fingerprint density at radius 1 is 1.15 bits per heavy atom. The van der Waals surface area contributed by atoms with Gasteiger partial charge >= 0.3 is 0 Å². The molecule has 2 rings (SSSR count). The second-order valence-electron chi connectivity index (χ2n) is 5.95. The van der Waals surface area contributed by atoms with Crippen molar-refractivity contribution in [3.8, 4) is 0 Å². The van der Waals surface area contributed by atoms with Crippen LogP contribution in [0, 0.1) is 0 Å². The summed E-state index contributed by atoms with van der Waals surface area (Å²) in [4.78, 5) is 7.18. The van der Waals surface area contributed by atoms with Crippen molar-refractivity contribution in [1.29, 1.82) is 0 Å². The molecule has 0 aromatic rings. The van der Waals surface area contributed by atoms with E-state index in [1.54, 1.807) is 0 Å². The summed E-state index contributed by atoms with van der Waals surface area (Å²) in [6.45, 7) is 5.04. The van der Waals surface area contributed by atoms with Gasteiger partial charge in [-0.05, 0) is 39.7 Å². The van der Waals surface area contributed by atoms with Crippen LogP contribution in [0.25, 0.3) is 0 Å². The third kappa shape index (κ3) is 6.61. The van der Waals surface area contributed by atoms with Gasteiger partial charge < -0.3 is 15.5 Å². The number of likely N-dealkylation sites (N-methyl/N-ethyl adjacent to an activating group) is 1. The number of aliphatic imine (C=N–C) groups is 1. The molecule has 0 spiro atoms. The molecule has 0 atom stereocenters. The van der Waals surface area contributed by atoms with Crippen LogP contribution in [0.4, 0.5) is 0 Å². The van der Waals surface area contributed by atoms with Crippen LogP contribution in [0.1, 0.15) is 51.9 Å². The lowest BCUT2D eigenvalue weighted by molar-refractivity contribution is 0.196. The summed E-state index contributed by atoms with van der Waals surface area (Å²) in [6, 6.07) is 1.47. The van der Waals surface area contributed by atoms with Crippen molar-refractivity contribution in [3.63, 3.8) is 0 Å². The minimum absolute atomic E-state index is 0. The van der Waals surface area contributed by atoms with Crippen molar-refractivity contribution in [3.05, 3.63) is 0 Å². The first-order valence-corrected chi connectivity index (χ1v) is 8.04. The van der Waals surface area contributed by atoms with Gasteiger partial charge in [0, 0.05) is 25.2 Å². The van der Waals surface area contributed by atoms with Crippen molar-refractivity contribution >= 4 is 29.9 Å². The van der Waals surface area contributed by atoms with Gasteiger partial charge in [0.05, 0.1) is 6.54 Å². The van der Waals surface area contributed by atoms with Crippen LogP contribution in [0.2, 0.25) is 0 Å². The predicted octanol–water partition coefficient (Wildman–Crippen LogP) is 2.59. The number of nitrogens with zero attached hydrogens (tertiary/aromatic N) is 2. The molecule has 0 bridgehead atoms. The van der Waals surface area contributed by atoms with Crippen LogP contribution in [-0.2, 0) is 0 Å². The molecule has 0 aliphatic heterocycles. The van der Waals surface area contributed by atoms with E-state index in [-0.39, 0.29) is 24.0 Å². The van der Waals surface area contributed by atoms with Crippen LogP contribution >= 0.6 is 24.0 Å². The van der Waals surface area contributed by atoms with Gasteiger partial charge in [-0.1, -0.05) is 19.3 Å². The first-order valence-electron chi connectivity index (χ1n) is 8.04. The lowest BCUT2D eigenvalue weighted by atomic mass is 9.94. The van der Waals surface area contributed by atoms with Crippen molar-refractivity contribution in [2.75, 3.05) is 26.7 Å². The van der Waals surface area contributed by atoms with Crippen molar-refractivity contribution in [1.82, 2.24) is 15.5 Å². The number of guanidine groups is 1. The maximum Gasteiger partial charge on any atom is 0.191 e. The Morgan fingerprint density at radius 3 is 2.45 bits per heavy atom. The fourth-order valence-electron chi connectivity index (χ4n) is 2.76. The molecule has 0 aromatic carbocycles. The van der Waals surface area contributed by atoms with Crippen molar-refractivity contribution < 1.29 is 0 Å². The first-order chi connectivity index (χ1) is 9.29. The topological polar surface area (TPSA) is 39.7 Å². The monoisotopic (exact) mass is 394 g/mol. The summed E-state index contributed by atoms with van der Waals surface area (Å²) < 4.78 is 0. The highest BCUT2D eigenvalue weighted by Crippen LogP contribution is 2.21. The second kappa shape index (κ2) is 9.82. The summed E-state index contributed by atoms with van der Waals surface area (Å²) in [5.74, 6) is 1.00. The number of rotatable bonds is 6. The zero-order valence-electron chi connectivity index (χ0n) is 13.0. The van der Waals surface area contributed by atoms with E-state index in [9.17, 15) is 0 Å². The molecule has 2 aliphatic rings. The third-order valence-corrected chi connectivity index (χ3v) is 4.18. The molecule has 0 saturated heterocycles. The molecular formula is C15H31IN4. The number of hydrogen-bond acceptors (Lipinski definition) is 2. The van der Waals surface area contributed by atoms with E-state index >= 15 is 0 Å². The van der Waals surface area contributed by atoms with E-state index in [1.165, 1.54) is 44.9 Å². The number of nitrogens with one attached hydrogen (secondary N) is 2. The largest absolute Gasteiger partial charge is 0.357 e. The average Bonchev–Trinajstić information content (AvgIpc) is 3.24. The Bertz CT molecular complexity index is 286. The summed E-state index contributed by atoms with van der Waals surface area (Å²) >= 11 is 0. The fraction of sp³-hybridized carbons (Fsp3) is 0.933. The maximum absolute atomic E-state index is 4.68. The molecule has 5 heteroatoms. The van der Waals surface area contributed by atoms with E-state index in [0.717, 1.165) is 31.6 Å². The molecule has 118 valence electrons. The summed E-state index contributed by atoms with van der Waals surface area (Å²) in [5.41, 5.74) is 0. The lowest BCUT2D eigenvalue weighted by Crippen LogP contribution is -2.40. The summed E-state index contributed by atoms with van der Waals surface area (Å²) in [5, 5.41) is 6.79. The van der Waals surface area contributed by atoms with Gasteiger partial charge in [0.15, 0.2) is 5.96 Å². The molecule has 0 radical (unpaired) electrons. The van der Waals surface area contributed by atoms with Crippen LogP contribution in [0.3, 0.4) is 0 Å². The van der Waals surface area contributed by atoms with E-state index in [0.29, 0.717) is 6.04 Å². The fourth-order valence-corrected chi connectivity index (χ4v) is 2.76. The number of hydrogen-bond donors (Lipinski definition) is 2. The summed E-state index contributed by atoms with van der Waals surface area (Å²) in [7, 11) is 2.26. The molecule has 0 aromatic heterocycles. The van der Waals surface area contributed by atoms with E-state index in [2.05, 4.69) is 34.5 Å². The molecule has 2 saturated carbocycles. The Kier molecular flexibility index (Phi) is 8.84. The van der Waals surface area contributed by atoms with Crippen molar-refractivity contribution in [2.45, 2.75) is 64.0 Å².